The Labute approximate surface area is 110 Å². The average Bonchev–Trinajstić information content (AvgIpc) is 2.40. The maximum atomic E-state index is 12.9. The van der Waals surface area contributed by atoms with Gasteiger partial charge in [0.05, 0.1) is 12.0 Å². The van der Waals surface area contributed by atoms with Gasteiger partial charge in [0.15, 0.2) is 5.78 Å². The lowest BCUT2D eigenvalue weighted by Crippen LogP contribution is -2.20. The monoisotopic (exact) mass is 256 g/mol. The molecule has 3 rings (SSSR count). The van der Waals surface area contributed by atoms with Crippen LogP contribution >= 0.6 is 0 Å². The number of fused-ring (bicyclic) bond motifs is 1. The lowest BCUT2D eigenvalue weighted by Gasteiger charge is -2.25. The lowest BCUT2D eigenvalue weighted by atomic mass is 9.95. The third-order valence-corrected chi connectivity index (χ3v) is 3.32. The van der Waals surface area contributed by atoms with E-state index in [0.717, 1.165) is 11.1 Å². The van der Waals surface area contributed by atoms with Crippen molar-refractivity contribution in [1.29, 1.82) is 0 Å². The third-order valence-electron chi connectivity index (χ3n) is 3.32. The van der Waals surface area contributed by atoms with Gasteiger partial charge in [0.25, 0.3) is 0 Å². The van der Waals surface area contributed by atoms with Crippen molar-refractivity contribution in [1.82, 2.24) is 0 Å². The molecule has 2 aromatic carbocycles. The number of aryl methyl sites for hydroxylation is 1. The Balaban J connectivity index is 1.95. The molecule has 1 atom stereocenters. The Morgan fingerprint density at radius 1 is 1.16 bits per heavy atom. The summed E-state index contributed by atoms with van der Waals surface area (Å²) >= 11 is 0. The lowest BCUT2D eigenvalue weighted by molar-refractivity contribution is 0.0850. The number of rotatable bonds is 1. The Morgan fingerprint density at radius 2 is 1.89 bits per heavy atom. The van der Waals surface area contributed by atoms with E-state index >= 15 is 0 Å². The van der Waals surface area contributed by atoms with Gasteiger partial charge in [-0.15, -0.1) is 0 Å². The molecule has 0 N–H and O–H groups in total. The van der Waals surface area contributed by atoms with Crippen LogP contribution in [0.25, 0.3) is 0 Å². The molecule has 0 saturated heterocycles. The first-order valence-electron chi connectivity index (χ1n) is 6.19. The first-order valence-corrected chi connectivity index (χ1v) is 6.19. The summed E-state index contributed by atoms with van der Waals surface area (Å²) in [6, 6.07) is 11.7. The Morgan fingerprint density at radius 3 is 2.63 bits per heavy atom. The van der Waals surface area contributed by atoms with Crippen LogP contribution in [-0.2, 0) is 0 Å². The zero-order valence-corrected chi connectivity index (χ0v) is 10.5. The molecule has 0 radical (unpaired) electrons. The van der Waals surface area contributed by atoms with E-state index in [1.807, 2.05) is 25.1 Å². The van der Waals surface area contributed by atoms with E-state index in [-0.39, 0.29) is 17.7 Å². The van der Waals surface area contributed by atoms with Crippen molar-refractivity contribution in [2.45, 2.75) is 19.4 Å². The van der Waals surface area contributed by atoms with Crippen LogP contribution in [0.4, 0.5) is 4.39 Å². The largest absolute Gasteiger partial charge is 0.484 e. The fourth-order valence-electron chi connectivity index (χ4n) is 2.30. The zero-order chi connectivity index (χ0) is 13.4. The minimum absolute atomic E-state index is 0.0688. The minimum atomic E-state index is -0.330. The third kappa shape index (κ3) is 2.24. The van der Waals surface area contributed by atoms with E-state index in [1.54, 1.807) is 12.1 Å². The molecule has 96 valence electrons. The number of ether oxygens (including phenoxy) is 1. The molecule has 0 saturated carbocycles. The number of carbonyl (C=O) groups is 1. The minimum Gasteiger partial charge on any atom is -0.484 e. The first-order chi connectivity index (χ1) is 9.13. The number of halogens is 1. The fraction of sp³-hybridized carbons (Fsp3) is 0.188. The van der Waals surface area contributed by atoms with E-state index in [9.17, 15) is 9.18 Å². The van der Waals surface area contributed by atoms with Gasteiger partial charge in [0, 0.05) is 0 Å². The van der Waals surface area contributed by atoms with E-state index in [4.69, 9.17) is 4.74 Å². The van der Waals surface area contributed by atoms with E-state index in [2.05, 4.69) is 0 Å². The van der Waals surface area contributed by atoms with Crippen molar-refractivity contribution in [3.05, 3.63) is 65.0 Å². The van der Waals surface area contributed by atoms with Crippen molar-refractivity contribution in [3.63, 3.8) is 0 Å². The molecule has 1 heterocycles. The Bertz CT molecular complexity index is 632. The molecule has 0 fully saturated rings. The van der Waals surface area contributed by atoms with Crippen LogP contribution in [0, 0.1) is 12.7 Å². The fourth-order valence-corrected chi connectivity index (χ4v) is 2.30. The van der Waals surface area contributed by atoms with Gasteiger partial charge in [-0.3, -0.25) is 4.79 Å². The summed E-state index contributed by atoms with van der Waals surface area (Å²) < 4.78 is 18.7. The number of Topliss-reactive ketones (excluding diaryl/α,β-unsaturated/α-hetero) is 1. The van der Waals surface area contributed by atoms with Crippen molar-refractivity contribution >= 4 is 5.78 Å². The van der Waals surface area contributed by atoms with E-state index in [0.29, 0.717) is 17.7 Å². The van der Waals surface area contributed by atoms with Gasteiger partial charge in [0.1, 0.15) is 17.7 Å². The molecular weight excluding hydrogens is 243 g/mol. The molecule has 0 amide bonds. The molecule has 2 aromatic rings. The molecule has 1 unspecified atom stereocenters. The molecule has 3 heteroatoms. The topological polar surface area (TPSA) is 26.3 Å². The molecule has 0 aromatic heterocycles. The zero-order valence-electron chi connectivity index (χ0n) is 10.5. The SMILES string of the molecule is Cc1ccc2c(c1)C(=O)CC(c1ccc(F)cc1)O2. The predicted molar refractivity (Wildman–Crippen MR) is 69.9 cm³/mol. The molecule has 1 aliphatic rings. The van der Waals surface area contributed by atoms with E-state index < -0.39 is 0 Å². The first kappa shape index (κ1) is 11.9. The maximum absolute atomic E-state index is 12.9. The maximum Gasteiger partial charge on any atom is 0.170 e. The van der Waals surface area contributed by atoms with Crippen LogP contribution in [-0.4, -0.2) is 5.78 Å². The summed E-state index contributed by atoms with van der Waals surface area (Å²) in [5.74, 6) is 0.386. The number of ketones is 1. The van der Waals surface area contributed by atoms with Crippen LogP contribution in [0.1, 0.15) is 34.0 Å². The van der Waals surface area contributed by atoms with Crippen LogP contribution in [0.15, 0.2) is 42.5 Å². The van der Waals surface area contributed by atoms with Gasteiger partial charge in [-0.05, 0) is 36.8 Å². The molecule has 0 aliphatic carbocycles. The molecular formula is C16H13FO2. The molecule has 0 spiro atoms. The standard InChI is InChI=1S/C16H13FO2/c1-10-2-7-15-13(8-10)14(18)9-16(19-15)11-3-5-12(17)6-4-11/h2-8,16H,9H2,1H3. The average molecular weight is 256 g/mol. The summed E-state index contributed by atoms with van der Waals surface area (Å²) in [7, 11) is 0. The highest BCUT2D eigenvalue weighted by Gasteiger charge is 2.27. The summed E-state index contributed by atoms with van der Waals surface area (Å²) in [6.45, 7) is 1.94. The van der Waals surface area contributed by atoms with Gasteiger partial charge in [0.2, 0.25) is 0 Å². The highest BCUT2D eigenvalue weighted by Crippen LogP contribution is 2.35. The number of hydrogen-bond donors (Lipinski definition) is 0. The highest BCUT2D eigenvalue weighted by molar-refractivity contribution is 6.00. The second-order valence-electron chi connectivity index (χ2n) is 4.78. The second kappa shape index (κ2) is 4.50. The van der Waals surface area contributed by atoms with Crippen molar-refractivity contribution in [2.24, 2.45) is 0 Å². The number of hydrogen-bond acceptors (Lipinski definition) is 2. The Kier molecular flexibility index (Phi) is 2.82. The van der Waals surface area contributed by atoms with Gasteiger partial charge < -0.3 is 4.74 Å². The van der Waals surface area contributed by atoms with Crippen molar-refractivity contribution in [3.8, 4) is 5.75 Å². The normalized spacial score (nSPS) is 17.8. The van der Waals surface area contributed by atoms with Crippen molar-refractivity contribution in [2.75, 3.05) is 0 Å². The van der Waals surface area contributed by atoms with Crippen LogP contribution in [0.3, 0.4) is 0 Å². The van der Waals surface area contributed by atoms with Crippen LogP contribution < -0.4 is 4.74 Å². The quantitative estimate of drug-likeness (QED) is 0.774. The summed E-state index contributed by atoms with van der Waals surface area (Å²) in [4.78, 5) is 12.1. The van der Waals surface area contributed by atoms with Gasteiger partial charge >= 0.3 is 0 Å². The molecule has 0 bridgehead atoms. The second-order valence-corrected chi connectivity index (χ2v) is 4.78. The predicted octanol–water partition coefficient (Wildman–Crippen LogP) is 3.84. The summed E-state index contributed by atoms with van der Waals surface area (Å²) in [5.41, 5.74) is 2.50. The van der Waals surface area contributed by atoms with Gasteiger partial charge in [-0.2, -0.15) is 0 Å². The molecule has 2 nitrogen and oxygen atoms in total. The molecule has 1 aliphatic heterocycles. The van der Waals surface area contributed by atoms with Crippen LogP contribution in [0.5, 0.6) is 5.75 Å². The molecule has 19 heavy (non-hydrogen) atoms. The highest BCUT2D eigenvalue weighted by atomic mass is 19.1. The number of benzene rings is 2. The van der Waals surface area contributed by atoms with E-state index in [1.165, 1.54) is 12.1 Å². The summed E-state index contributed by atoms with van der Waals surface area (Å²) in [6.07, 6.45) is -0.0365. The van der Waals surface area contributed by atoms with Crippen LogP contribution in [0.2, 0.25) is 0 Å². The van der Waals surface area contributed by atoms with Crippen molar-refractivity contribution < 1.29 is 13.9 Å². The smallest absolute Gasteiger partial charge is 0.170 e. The Hall–Kier alpha value is -2.16. The number of carbonyl (C=O) groups excluding carboxylic acids is 1. The van der Waals surface area contributed by atoms with Gasteiger partial charge in [-0.1, -0.05) is 23.8 Å². The summed E-state index contributed by atoms with van der Waals surface area (Å²) in [5, 5.41) is 0. The van der Waals surface area contributed by atoms with Gasteiger partial charge in [-0.25, -0.2) is 4.39 Å².